The fraction of sp³-hybridized carbons (Fsp3) is 0.524. The number of carboxylic acids is 1. The van der Waals surface area contributed by atoms with E-state index in [9.17, 15) is 14.7 Å². The van der Waals surface area contributed by atoms with Gasteiger partial charge in [0.25, 0.3) is 0 Å². The largest absolute Gasteiger partial charge is 0.481 e. The van der Waals surface area contributed by atoms with Crippen LogP contribution in [0.25, 0.3) is 0 Å². The lowest BCUT2D eigenvalue weighted by Gasteiger charge is -2.23. The van der Waals surface area contributed by atoms with Crippen LogP contribution in [0.5, 0.6) is 0 Å². The van der Waals surface area contributed by atoms with Gasteiger partial charge in [-0.05, 0) is 37.7 Å². The number of benzene rings is 1. The van der Waals surface area contributed by atoms with Gasteiger partial charge in [0, 0.05) is 25.9 Å². The van der Waals surface area contributed by atoms with Crippen molar-refractivity contribution >= 4 is 11.8 Å². The van der Waals surface area contributed by atoms with Gasteiger partial charge in [0.1, 0.15) is 0 Å². The number of carbonyl (C=O) groups excluding carboxylic acids is 1. The summed E-state index contributed by atoms with van der Waals surface area (Å²) < 4.78 is 0. The first-order valence-electron chi connectivity index (χ1n) is 9.42. The van der Waals surface area contributed by atoms with Gasteiger partial charge in [-0.1, -0.05) is 42.5 Å². The van der Waals surface area contributed by atoms with Gasteiger partial charge >= 0.3 is 5.97 Å². The smallest absolute Gasteiger partial charge is 0.303 e. The molecule has 142 valence electrons. The summed E-state index contributed by atoms with van der Waals surface area (Å²) in [6.07, 6.45) is 7.62. The molecule has 0 aliphatic carbocycles. The predicted molar refractivity (Wildman–Crippen MR) is 101 cm³/mol. The van der Waals surface area contributed by atoms with Crippen molar-refractivity contribution in [3.8, 4) is 0 Å². The second-order valence-electron chi connectivity index (χ2n) is 6.89. The maximum Gasteiger partial charge on any atom is 0.303 e. The highest BCUT2D eigenvalue weighted by molar-refractivity contribution is 5.86. The van der Waals surface area contributed by atoms with E-state index in [1.54, 1.807) is 0 Å². The topological polar surface area (TPSA) is 77.8 Å². The van der Waals surface area contributed by atoms with Gasteiger partial charge in [0.2, 0.25) is 0 Å². The van der Waals surface area contributed by atoms with Crippen molar-refractivity contribution < 1.29 is 19.8 Å². The molecule has 1 aromatic carbocycles. The molecule has 0 amide bonds. The summed E-state index contributed by atoms with van der Waals surface area (Å²) in [5.74, 6) is -0.512. The molecule has 1 aliphatic heterocycles. The Bertz CT molecular complexity index is 599. The molecule has 26 heavy (non-hydrogen) atoms. The van der Waals surface area contributed by atoms with Crippen molar-refractivity contribution in [3.63, 3.8) is 0 Å². The Labute approximate surface area is 155 Å². The number of carbonyl (C=O) groups is 2. The Balaban J connectivity index is 1.72. The van der Waals surface area contributed by atoms with Crippen LogP contribution < -0.4 is 0 Å². The van der Waals surface area contributed by atoms with Crippen molar-refractivity contribution in [1.29, 1.82) is 0 Å². The zero-order valence-corrected chi connectivity index (χ0v) is 15.2. The number of rotatable bonds is 11. The van der Waals surface area contributed by atoms with Crippen LogP contribution in [-0.4, -0.2) is 52.1 Å². The van der Waals surface area contributed by atoms with Gasteiger partial charge in [0.15, 0.2) is 5.78 Å². The minimum absolute atomic E-state index is 0.102. The Morgan fingerprint density at radius 1 is 1.27 bits per heavy atom. The number of carboxylic acid groups (broad SMARTS) is 1. The molecule has 1 fully saturated rings. The van der Waals surface area contributed by atoms with Crippen LogP contribution in [0.4, 0.5) is 0 Å². The zero-order chi connectivity index (χ0) is 18.8. The Hall–Kier alpha value is -1.98. The van der Waals surface area contributed by atoms with E-state index >= 15 is 0 Å². The van der Waals surface area contributed by atoms with Crippen LogP contribution in [-0.2, 0) is 16.0 Å². The van der Waals surface area contributed by atoms with E-state index in [-0.39, 0.29) is 18.2 Å². The number of hydrogen-bond donors (Lipinski definition) is 2. The first-order valence-corrected chi connectivity index (χ1v) is 9.42. The van der Waals surface area contributed by atoms with Gasteiger partial charge in [-0.2, -0.15) is 0 Å². The second kappa shape index (κ2) is 10.9. The lowest BCUT2D eigenvalue weighted by atomic mass is 10.0. The second-order valence-corrected chi connectivity index (χ2v) is 6.89. The van der Waals surface area contributed by atoms with Crippen LogP contribution in [0.1, 0.15) is 44.1 Å². The van der Waals surface area contributed by atoms with Crippen LogP contribution in [0.15, 0.2) is 42.5 Å². The molecule has 0 bridgehead atoms. The first kappa shape index (κ1) is 20.3. The minimum Gasteiger partial charge on any atom is -0.481 e. The summed E-state index contributed by atoms with van der Waals surface area (Å²) in [5, 5.41) is 18.9. The number of allylic oxidation sites excluding steroid dienone is 1. The minimum atomic E-state index is -0.774. The molecule has 2 N–H and O–H groups in total. The Kier molecular flexibility index (Phi) is 8.51. The quantitative estimate of drug-likeness (QED) is 0.469. The Morgan fingerprint density at radius 3 is 2.77 bits per heavy atom. The van der Waals surface area contributed by atoms with E-state index in [1.807, 2.05) is 42.5 Å². The van der Waals surface area contributed by atoms with Gasteiger partial charge < -0.3 is 10.2 Å². The number of aliphatic carboxylic acids is 1. The molecule has 0 radical (unpaired) electrons. The summed E-state index contributed by atoms with van der Waals surface area (Å²) in [7, 11) is 0. The van der Waals surface area contributed by atoms with Crippen molar-refractivity contribution in [1.82, 2.24) is 4.90 Å². The molecule has 1 heterocycles. The molecule has 0 aromatic heterocycles. The molecule has 1 saturated heterocycles. The number of likely N-dealkylation sites (tertiary alicyclic amines) is 1. The predicted octanol–water partition coefficient (Wildman–Crippen LogP) is 2.82. The molecule has 0 spiro atoms. The number of unbranched alkanes of at least 4 members (excludes halogenated alkanes) is 1. The van der Waals surface area contributed by atoms with Gasteiger partial charge in [-0.15, -0.1) is 0 Å². The fourth-order valence-corrected chi connectivity index (χ4v) is 3.35. The summed E-state index contributed by atoms with van der Waals surface area (Å²) in [6.45, 7) is 1.48. The Morgan fingerprint density at radius 2 is 2.04 bits per heavy atom. The summed E-state index contributed by atoms with van der Waals surface area (Å²) >= 11 is 0. The molecular formula is C21H29NO4. The van der Waals surface area contributed by atoms with Crippen molar-refractivity contribution in [2.45, 2.75) is 57.1 Å². The lowest BCUT2D eigenvalue weighted by molar-refractivity contribution is -0.137. The van der Waals surface area contributed by atoms with E-state index in [0.717, 1.165) is 25.1 Å². The molecule has 2 unspecified atom stereocenters. The average molecular weight is 359 g/mol. The average Bonchev–Trinajstić information content (AvgIpc) is 2.97. The highest BCUT2D eigenvalue weighted by Gasteiger charge is 2.31. The van der Waals surface area contributed by atoms with Crippen LogP contribution in [0.2, 0.25) is 0 Å². The molecule has 0 saturated carbocycles. The van der Waals surface area contributed by atoms with Crippen LogP contribution in [0.3, 0.4) is 0 Å². The van der Waals surface area contributed by atoms with E-state index in [1.165, 1.54) is 0 Å². The highest BCUT2D eigenvalue weighted by atomic mass is 16.4. The maximum atomic E-state index is 12.1. The third kappa shape index (κ3) is 7.10. The normalized spacial score (nSPS) is 19.3. The molecule has 1 aliphatic rings. The van der Waals surface area contributed by atoms with Crippen LogP contribution >= 0.6 is 0 Å². The lowest BCUT2D eigenvalue weighted by Crippen LogP contribution is -2.35. The standard InChI is InChI=1S/C21H29NO4/c23-18(16-17-8-4-3-5-9-17)12-14-22-15-13-20(24)19(22)10-6-1-2-7-11-21(25)26/h1,3-6,8-9,18-19,23H,2,7,10-16H2,(H,25,26)/b6-1-. The number of aliphatic hydroxyl groups excluding tert-OH is 1. The highest BCUT2D eigenvalue weighted by Crippen LogP contribution is 2.19. The van der Waals surface area contributed by atoms with Crippen molar-refractivity contribution in [2.75, 3.05) is 13.1 Å². The molecule has 5 heteroatoms. The van der Waals surface area contributed by atoms with E-state index < -0.39 is 12.1 Å². The summed E-state index contributed by atoms with van der Waals surface area (Å²) in [4.78, 5) is 24.8. The number of Topliss-reactive ketones (excluding diaryl/α,β-unsaturated/α-hetero) is 1. The van der Waals surface area contributed by atoms with Gasteiger partial charge in [0.05, 0.1) is 12.1 Å². The molecule has 2 atom stereocenters. The molecule has 5 nitrogen and oxygen atoms in total. The van der Waals surface area contributed by atoms with Gasteiger partial charge in [-0.25, -0.2) is 0 Å². The maximum absolute atomic E-state index is 12.1. The molecular weight excluding hydrogens is 330 g/mol. The summed E-state index contributed by atoms with van der Waals surface area (Å²) in [6, 6.07) is 9.83. The SMILES string of the molecule is O=C(O)CCC/C=C\CC1C(=O)CCN1CCC(O)Cc1ccccc1. The zero-order valence-electron chi connectivity index (χ0n) is 15.2. The van der Waals surface area contributed by atoms with E-state index in [4.69, 9.17) is 5.11 Å². The number of ketones is 1. The molecule has 1 aromatic rings. The summed E-state index contributed by atoms with van der Waals surface area (Å²) in [5.41, 5.74) is 1.12. The third-order valence-corrected chi connectivity index (χ3v) is 4.81. The van der Waals surface area contributed by atoms with Crippen LogP contribution in [0, 0.1) is 0 Å². The number of aliphatic hydroxyl groups is 1. The first-order chi connectivity index (χ1) is 12.6. The number of nitrogens with zero attached hydrogens (tertiary/aromatic N) is 1. The monoisotopic (exact) mass is 359 g/mol. The number of hydrogen-bond acceptors (Lipinski definition) is 4. The fourth-order valence-electron chi connectivity index (χ4n) is 3.35. The van der Waals surface area contributed by atoms with Gasteiger partial charge in [-0.3, -0.25) is 14.5 Å². The molecule has 2 rings (SSSR count). The third-order valence-electron chi connectivity index (χ3n) is 4.81. The van der Waals surface area contributed by atoms with E-state index in [2.05, 4.69) is 4.90 Å². The van der Waals surface area contributed by atoms with Crippen molar-refractivity contribution in [3.05, 3.63) is 48.0 Å². The van der Waals surface area contributed by atoms with E-state index in [0.29, 0.717) is 32.1 Å². The van der Waals surface area contributed by atoms with Crippen molar-refractivity contribution in [2.24, 2.45) is 0 Å².